The molecule has 0 aromatic heterocycles. The number of carbonyl (C=O) groups excluding carboxylic acids is 2. The van der Waals surface area contributed by atoms with Crippen LogP contribution in [0.1, 0.15) is 37.8 Å². The molecular formula is C16H22N2O2. The molecule has 0 aliphatic heterocycles. The summed E-state index contributed by atoms with van der Waals surface area (Å²) in [4.78, 5) is 25.4. The minimum Gasteiger partial charge on any atom is -0.331 e. The van der Waals surface area contributed by atoms with Gasteiger partial charge in [-0.15, -0.1) is 0 Å². The number of amides is 2. The molecule has 1 saturated carbocycles. The number of anilines is 1. The zero-order chi connectivity index (χ0) is 14.7. The molecule has 108 valence electrons. The summed E-state index contributed by atoms with van der Waals surface area (Å²) in [5.74, 6) is -0.140. The van der Waals surface area contributed by atoms with Crippen molar-refractivity contribution >= 4 is 17.5 Å². The monoisotopic (exact) mass is 274 g/mol. The summed E-state index contributed by atoms with van der Waals surface area (Å²) >= 11 is 0. The molecule has 0 unspecified atom stereocenters. The van der Waals surface area contributed by atoms with Crippen LogP contribution in [0.3, 0.4) is 0 Å². The summed E-state index contributed by atoms with van der Waals surface area (Å²) in [6.45, 7) is 5.73. The van der Waals surface area contributed by atoms with E-state index >= 15 is 0 Å². The number of benzene rings is 1. The molecule has 0 bridgehead atoms. The van der Waals surface area contributed by atoms with E-state index in [-0.39, 0.29) is 24.4 Å². The Morgan fingerprint density at radius 1 is 1.35 bits per heavy atom. The second kappa shape index (κ2) is 6.07. The number of carbonyl (C=O) groups is 2. The number of hydrogen-bond acceptors (Lipinski definition) is 2. The van der Waals surface area contributed by atoms with Crippen molar-refractivity contribution in [3.63, 3.8) is 0 Å². The lowest BCUT2D eigenvalue weighted by molar-refractivity contribution is -0.133. The van der Waals surface area contributed by atoms with Crippen LogP contribution in [0.25, 0.3) is 0 Å². The van der Waals surface area contributed by atoms with Gasteiger partial charge in [0.05, 0.1) is 0 Å². The maximum Gasteiger partial charge on any atom is 0.244 e. The van der Waals surface area contributed by atoms with Crippen molar-refractivity contribution in [1.29, 1.82) is 0 Å². The van der Waals surface area contributed by atoms with Crippen LogP contribution in [-0.4, -0.2) is 29.3 Å². The highest BCUT2D eigenvalue weighted by Crippen LogP contribution is 2.27. The second-order valence-electron chi connectivity index (χ2n) is 5.39. The van der Waals surface area contributed by atoms with Gasteiger partial charge in [0.1, 0.15) is 6.54 Å². The second-order valence-corrected chi connectivity index (χ2v) is 5.39. The minimum atomic E-state index is -0.115. The smallest absolute Gasteiger partial charge is 0.244 e. The van der Waals surface area contributed by atoms with E-state index in [1.54, 1.807) is 4.90 Å². The number of nitrogens with zero attached hydrogens (tertiary/aromatic N) is 1. The molecule has 4 heteroatoms. The Hall–Kier alpha value is -1.84. The molecule has 1 N–H and O–H groups in total. The summed E-state index contributed by atoms with van der Waals surface area (Å²) in [6.07, 6.45) is 2.89. The molecule has 1 fully saturated rings. The molecule has 0 spiro atoms. The Bertz CT molecular complexity index is 521. The van der Waals surface area contributed by atoms with Crippen molar-refractivity contribution in [3.8, 4) is 0 Å². The van der Waals surface area contributed by atoms with Crippen molar-refractivity contribution in [2.45, 2.75) is 46.1 Å². The van der Waals surface area contributed by atoms with Crippen LogP contribution >= 0.6 is 0 Å². The van der Waals surface area contributed by atoms with Crippen LogP contribution < -0.4 is 5.32 Å². The fourth-order valence-corrected chi connectivity index (χ4v) is 2.42. The maximum atomic E-state index is 12.2. The number of rotatable bonds is 5. The predicted molar refractivity (Wildman–Crippen MR) is 79.6 cm³/mol. The highest BCUT2D eigenvalue weighted by Gasteiger charge is 2.32. The normalized spacial score (nSPS) is 13.9. The number of hydrogen-bond donors (Lipinski definition) is 1. The Morgan fingerprint density at radius 3 is 2.60 bits per heavy atom. The number of nitrogens with one attached hydrogen (secondary N) is 1. The Labute approximate surface area is 120 Å². The maximum absolute atomic E-state index is 12.2. The van der Waals surface area contributed by atoms with E-state index in [1.165, 1.54) is 6.92 Å². The standard InChI is InChI=1S/C16H22N2O2/c1-4-13-7-5-6-11(2)16(13)17-15(20)10-18(12(3)19)14-8-9-14/h5-7,14H,4,8-10H2,1-3H3,(H,17,20). The third kappa shape index (κ3) is 3.38. The van der Waals surface area contributed by atoms with Gasteiger partial charge in [-0.2, -0.15) is 0 Å². The molecule has 20 heavy (non-hydrogen) atoms. The molecule has 4 nitrogen and oxygen atoms in total. The van der Waals surface area contributed by atoms with Crippen LogP contribution in [0.5, 0.6) is 0 Å². The van der Waals surface area contributed by atoms with E-state index in [9.17, 15) is 9.59 Å². The quantitative estimate of drug-likeness (QED) is 0.897. The molecule has 2 amide bonds. The number of para-hydroxylation sites is 1. The van der Waals surface area contributed by atoms with Gasteiger partial charge in [-0.1, -0.05) is 25.1 Å². The average molecular weight is 274 g/mol. The zero-order valence-electron chi connectivity index (χ0n) is 12.4. The molecule has 2 rings (SSSR count). The first-order valence-electron chi connectivity index (χ1n) is 7.18. The van der Waals surface area contributed by atoms with Crippen molar-refractivity contribution in [3.05, 3.63) is 29.3 Å². The first-order valence-corrected chi connectivity index (χ1v) is 7.18. The van der Waals surface area contributed by atoms with Gasteiger partial charge >= 0.3 is 0 Å². The summed E-state index contributed by atoms with van der Waals surface area (Å²) in [7, 11) is 0. The highest BCUT2D eigenvalue weighted by atomic mass is 16.2. The van der Waals surface area contributed by atoms with Gasteiger partial charge in [0.15, 0.2) is 0 Å². The van der Waals surface area contributed by atoms with Crippen molar-refractivity contribution in [2.24, 2.45) is 0 Å². The average Bonchev–Trinajstić information content (AvgIpc) is 3.22. The minimum absolute atomic E-state index is 0.0249. The lowest BCUT2D eigenvalue weighted by Gasteiger charge is -2.21. The van der Waals surface area contributed by atoms with Crippen molar-refractivity contribution in [2.75, 3.05) is 11.9 Å². The van der Waals surface area contributed by atoms with E-state index in [4.69, 9.17) is 0 Å². The van der Waals surface area contributed by atoms with Gasteiger partial charge in [0, 0.05) is 18.7 Å². The van der Waals surface area contributed by atoms with E-state index in [1.807, 2.05) is 25.1 Å². The fraction of sp³-hybridized carbons (Fsp3) is 0.500. The highest BCUT2D eigenvalue weighted by molar-refractivity contribution is 5.95. The van der Waals surface area contributed by atoms with Gasteiger partial charge in [0.25, 0.3) is 0 Å². The van der Waals surface area contributed by atoms with Crippen LogP contribution in [0.2, 0.25) is 0 Å². The molecular weight excluding hydrogens is 252 g/mol. The Kier molecular flexibility index (Phi) is 4.42. The van der Waals surface area contributed by atoms with E-state index in [0.717, 1.165) is 36.1 Å². The largest absolute Gasteiger partial charge is 0.331 e. The Balaban J connectivity index is 2.06. The number of aryl methyl sites for hydroxylation is 2. The zero-order valence-corrected chi connectivity index (χ0v) is 12.4. The van der Waals surface area contributed by atoms with E-state index in [2.05, 4.69) is 12.2 Å². The van der Waals surface area contributed by atoms with Crippen LogP contribution in [0.4, 0.5) is 5.69 Å². The van der Waals surface area contributed by atoms with Crippen molar-refractivity contribution < 1.29 is 9.59 Å². The molecule has 1 aliphatic carbocycles. The topological polar surface area (TPSA) is 49.4 Å². The van der Waals surface area contributed by atoms with Crippen molar-refractivity contribution in [1.82, 2.24) is 4.90 Å². The molecule has 1 aliphatic rings. The molecule has 0 saturated heterocycles. The molecule has 0 radical (unpaired) electrons. The summed E-state index contributed by atoms with van der Waals surface area (Å²) in [5, 5.41) is 2.96. The Morgan fingerprint density at radius 2 is 2.05 bits per heavy atom. The lowest BCUT2D eigenvalue weighted by atomic mass is 10.1. The summed E-state index contributed by atoms with van der Waals surface area (Å²) < 4.78 is 0. The van der Waals surface area contributed by atoms with E-state index in [0.29, 0.717) is 0 Å². The van der Waals surface area contributed by atoms with Gasteiger partial charge in [-0.05, 0) is 37.3 Å². The van der Waals surface area contributed by atoms with Crippen LogP contribution in [-0.2, 0) is 16.0 Å². The summed E-state index contributed by atoms with van der Waals surface area (Å²) in [6, 6.07) is 6.27. The summed E-state index contributed by atoms with van der Waals surface area (Å²) in [5.41, 5.74) is 3.07. The van der Waals surface area contributed by atoms with Gasteiger partial charge < -0.3 is 10.2 Å². The molecule has 0 atom stereocenters. The van der Waals surface area contributed by atoms with Gasteiger partial charge in [-0.3, -0.25) is 9.59 Å². The van der Waals surface area contributed by atoms with Crippen LogP contribution in [0, 0.1) is 6.92 Å². The third-order valence-corrected chi connectivity index (χ3v) is 3.71. The van der Waals surface area contributed by atoms with E-state index < -0.39 is 0 Å². The SMILES string of the molecule is CCc1cccc(C)c1NC(=O)CN(C(C)=O)C1CC1. The first kappa shape index (κ1) is 14.6. The van der Waals surface area contributed by atoms with Gasteiger partial charge in [-0.25, -0.2) is 0 Å². The first-order chi connectivity index (χ1) is 9.52. The molecule has 1 aromatic rings. The predicted octanol–water partition coefficient (Wildman–Crippen LogP) is 2.51. The molecule has 0 heterocycles. The molecule has 1 aromatic carbocycles. The lowest BCUT2D eigenvalue weighted by Crippen LogP contribution is -2.38. The van der Waals surface area contributed by atoms with Crippen LogP contribution in [0.15, 0.2) is 18.2 Å². The van der Waals surface area contributed by atoms with Gasteiger partial charge in [0.2, 0.25) is 11.8 Å². The fourth-order valence-electron chi connectivity index (χ4n) is 2.42. The third-order valence-electron chi connectivity index (χ3n) is 3.71.